The molecule has 1 atom stereocenters. The summed E-state index contributed by atoms with van der Waals surface area (Å²) in [7, 11) is 0. The molecule has 156 valence electrons. The van der Waals surface area contributed by atoms with Crippen molar-refractivity contribution in [1.29, 1.82) is 0 Å². The van der Waals surface area contributed by atoms with Crippen molar-refractivity contribution in [3.8, 4) is 0 Å². The van der Waals surface area contributed by atoms with Crippen molar-refractivity contribution in [1.82, 2.24) is 9.55 Å². The lowest BCUT2D eigenvalue weighted by molar-refractivity contribution is 0.0931. The van der Waals surface area contributed by atoms with Gasteiger partial charge in [-0.3, -0.25) is 4.79 Å². The fourth-order valence-corrected chi connectivity index (χ4v) is 4.82. The van der Waals surface area contributed by atoms with Crippen LogP contribution in [0.1, 0.15) is 80.0 Å². The Balaban J connectivity index is 1.96. The number of carbonyl (C=O) groups excluding carboxylic acids is 1. The van der Waals surface area contributed by atoms with Crippen molar-refractivity contribution >= 4 is 28.2 Å². The first kappa shape index (κ1) is 21.7. The Morgan fingerprint density at radius 1 is 1.21 bits per heavy atom. The molecule has 0 aliphatic heterocycles. The van der Waals surface area contributed by atoms with Gasteiger partial charge in [0.25, 0.3) is 0 Å². The number of fused-ring (bicyclic) bond motifs is 1. The van der Waals surface area contributed by atoms with Gasteiger partial charge in [0.05, 0.1) is 11.0 Å². The molecular weight excluding hydrogens is 380 g/mol. The highest BCUT2D eigenvalue weighted by molar-refractivity contribution is 7.09. The largest absolute Gasteiger partial charge is 0.396 e. The Labute approximate surface area is 177 Å². The second kappa shape index (κ2) is 10.2. The fraction of sp³-hybridized carbons (Fsp3) is 0.500. The molecule has 1 unspecified atom stereocenters. The predicted molar refractivity (Wildman–Crippen MR) is 121 cm³/mol. The molecule has 0 spiro atoms. The van der Waals surface area contributed by atoms with E-state index in [4.69, 9.17) is 4.98 Å². The number of benzene rings is 1. The molecule has 2 heterocycles. The molecule has 29 heavy (non-hydrogen) atoms. The molecule has 3 rings (SSSR count). The number of imidazole rings is 1. The molecule has 3 aromatic rings. The number of aliphatic hydroxyl groups is 1. The summed E-state index contributed by atoms with van der Waals surface area (Å²) >= 11 is 1.75. The number of carbonyl (C=O) groups is 1. The molecule has 0 amide bonds. The number of aliphatic hydroxyl groups excluding tert-OH is 1. The van der Waals surface area contributed by atoms with Crippen LogP contribution in [0.3, 0.4) is 0 Å². The number of hydrogen-bond acceptors (Lipinski definition) is 4. The minimum atomic E-state index is 0.0414. The van der Waals surface area contributed by atoms with Gasteiger partial charge in [-0.25, -0.2) is 4.98 Å². The Hall–Kier alpha value is -1.98. The SMILES string of the molecule is CCCC(CO)CC(=O)c1ccc2c(c1)nc(Cc1cccs1)n2C(CC)CC. The maximum atomic E-state index is 12.8. The lowest BCUT2D eigenvalue weighted by Crippen LogP contribution is -2.13. The molecule has 1 N–H and O–H groups in total. The molecule has 0 saturated carbocycles. The standard InChI is InChI=1S/C24H32N2O2S/c1-4-8-17(16-27)13-23(28)18-10-11-22-21(14-18)25-24(15-20-9-7-12-29-20)26(22)19(5-2)6-3/h7,9-12,14,17,19,27H,4-6,8,13,15-16H2,1-3H3. The molecule has 5 heteroatoms. The summed E-state index contributed by atoms with van der Waals surface area (Å²) in [5.74, 6) is 1.20. The molecule has 2 aromatic heterocycles. The molecule has 0 fully saturated rings. The van der Waals surface area contributed by atoms with Crippen LogP contribution in [0.4, 0.5) is 0 Å². The van der Waals surface area contributed by atoms with E-state index >= 15 is 0 Å². The zero-order valence-corrected chi connectivity index (χ0v) is 18.5. The molecule has 0 bridgehead atoms. The van der Waals surface area contributed by atoms with E-state index < -0.39 is 0 Å². The van der Waals surface area contributed by atoms with Crippen molar-refractivity contribution in [2.24, 2.45) is 5.92 Å². The Morgan fingerprint density at radius 3 is 2.62 bits per heavy atom. The number of thiophene rings is 1. The second-order valence-corrected chi connectivity index (χ2v) is 8.82. The van der Waals surface area contributed by atoms with Crippen molar-refractivity contribution in [2.75, 3.05) is 6.61 Å². The number of nitrogens with zero attached hydrogens (tertiary/aromatic N) is 2. The van der Waals surface area contributed by atoms with Crippen LogP contribution in [-0.4, -0.2) is 27.0 Å². The summed E-state index contributed by atoms with van der Waals surface area (Å²) in [4.78, 5) is 19.0. The molecule has 1 aromatic carbocycles. The normalized spacial score (nSPS) is 12.7. The zero-order valence-electron chi connectivity index (χ0n) is 17.7. The van der Waals surface area contributed by atoms with Crippen LogP contribution in [0.25, 0.3) is 11.0 Å². The number of hydrogen-bond donors (Lipinski definition) is 1. The van der Waals surface area contributed by atoms with Crippen molar-refractivity contribution < 1.29 is 9.90 Å². The summed E-state index contributed by atoms with van der Waals surface area (Å²) in [6, 6.07) is 10.6. The van der Waals surface area contributed by atoms with Crippen molar-refractivity contribution in [3.05, 3.63) is 52.0 Å². The maximum absolute atomic E-state index is 12.8. The van der Waals surface area contributed by atoms with Gasteiger partial charge in [-0.2, -0.15) is 0 Å². The van der Waals surface area contributed by atoms with E-state index in [1.54, 1.807) is 11.3 Å². The van der Waals surface area contributed by atoms with E-state index in [0.29, 0.717) is 18.0 Å². The monoisotopic (exact) mass is 412 g/mol. The first-order valence-electron chi connectivity index (χ1n) is 10.8. The average molecular weight is 413 g/mol. The predicted octanol–water partition coefficient (Wildman–Crippen LogP) is 6.03. The topological polar surface area (TPSA) is 55.1 Å². The molecule has 0 aliphatic rings. The lowest BCUT2D eigenvalue weighted by Gasteiger charge is -2.19. The van der Waals surface area contributed by atoms with Gasteiger partial charge in [0, 0.05) is 35.9 Å². The van der Waals surface area contributed by atoms with Gasteiger partial charge in [0.2, 0.25) is 0 Å². The quantitative estimate of drug-likeness (QED) is 0.391. The van der Waals surface area contributed by atoms with E-state index in [2.05, 4.69) is 48.9 Å². The smallest absolute Gasteiger partial charge is 0.163 e. The number of ketones is 1. The lowest BCUT2D eigenvalue weighted by atomic mass is 9.95. The van der Waals surface area contributed by atoms with Gasteiger partial charge in [-0.15, -0.1) is 11.3 Å². The highest BCUT2D eigenvalue weighted by Gasteiger charge is 2.20. The summed E-state index contributed by atoms with van der Waals surface area (Å²) in [5, 5.41) is 11.6. The van der Waals surface area contributed by atoms with Crippen LogP contribution in [-0.2, 0) is 6.42 Å². The van der Waals surface area contributed by atoms with Crippen molar-refractivity contribution in [2.45, 2.75) is 65.3 Å². The number of aromatic nitrogens is 2. The average Bonchev–Trinajstić information content (AvgIpc) is 3.36. The highest BCUT2D eigenvalue weighted by atomic mass is 32.1. The molecule has 0 saturated heterocycles. The van der Waals surface area contributed by atoms with E-state index in [9.17, 15) is 9.90 Å². The fourth-order valence-electron chi connectivity index (χ4n) is 4.12. The summed E-state index contributed by atoms with van der Waals surface area (Å²) in [6.45, 7) is 6.58. The van der Waals surface area contributed by atoms with Gasteiger partial charge >= 0.3 is 0 Å². The van der Waals surface area contributed by atoms with E-state index in [1.165, 1.54) is 4.88 Å². The molecule has 4 nitrogen and oxygen atoms in total. The molecule has 0 radical (unpaired) electrons. The Morgan fingerprint density at radius 2 is 2.00 bits per heavy atom. The Kier molecular flexibility index (Phi) is 7.62. The van der Waals surface area contributed by atoms with Gasteiger partial charge in [0.1, 0.15) is 5.82 Å². The van der Waals surface area contributed by atoms with Crippen LogP contribution in [0.15, 0.2) is 35.7 Å². The number of rotatable bonds is 11. The van der Waals surface area contributed by atoms with Crippen molar-refractivity contribution in [3.63, 3.8) is 0 Å². The second-order valence-electron chi connectivity index (χ2n) is 7.79. The third kappa shape index (κ3) is 4.96. The Bertz CT molecular complexity index is 926. The molecule has 0 aliphatic carbocycles. The molecular formula is C24H32N2O2S. The van der Waals surface area contributed by atoms with Crippen LogP contribution < -0.4 is 0 Å². The summed E-state index contributed by atoms with van der Waals surface area (Å²) in [6.07, 6.45) is 5.16. The summed E-state index contributed by atoms with van der Waals surface area (Å²) in [5.41, 5.74) is 2.70. The van der Waals surface area contributed by atoms with Gasteiger partial charge in [-0.1, -0.05) is 33.3 Å². The minimum absolute atomic E-state index is 0.0414. The first-order valence-corrected chi connectivity index (χ1v) is 11.7. The van der Waals surface area contributed by atoms with Crippen LogP contribution in [0.2, 0.25) is 0 Å². The maximum Gasteiger partial charge on any atom is 0.163 e. The zero-order chi connectivity index (χ0) is 20.8. The minimum Gasteiger partial charge on any atom is -0.396 e. The first-order chi connectivity index (χ1) is 14.1. The van der Waals surface area contributed by atoms with Gasteiger partial charge in [-0.05, 0) is 54.8 Å². The van der Waals surface area contributed by atoms with Crippen LogP contribution >= 0.6 is 11.3 Å². The summed E-state index contributed by atoms with van der Waals surface area (Å²) < 4.78 is 2.37. The van der Waals surface area contributed by atoms with E-state index in [0.717, 1.165) is 49.0 Å². The van der Waals surface area contributed by atoms with Crippen LogP contribution in [0, 0.1) is 5.92 Å². The number of Topliss-reactive ketones (excluding diaryl/α,β-unsaturated/α-hetero) is 1. The third-order valence-electron chi connectivity index (χ3n) is 5.73. The van der Waals surface area contributed by atoms with E-state index in [-0.39, 0.29) is 18.3 Å². The highest BCUT2D eigenvalue weighted by Crippen LogP contribution is 2.29. The van der Waals surface area contributed by atoms with Gasteiger partial charge < -0.3 is 9.67 Å². The third-order valence-corrected chi connectivity index (χ3v) is 6.61. The van der Waals surface area contributed by atoms with Crippen LogP contribution in [0.5, 0.6) is 0 Å². The van der Waals surface area contributed by atoms with E-state index in [1.807, 2.05) is 12.1 Å². The van der Waals surface area contributed by atoms with Gasteiger partial charge in [0.15, 0.2) is 5.78 Å².